The highest BCUT2D eigenvalue weighted by molar-refractivity contribution is 7.98. The summed E-state index contributed by atoms with van der Waals surface area (Å²) in [6, 6.07) is 10.2. The van der Waals surface area contributed by atoms with Crippen LogP contribution in [0.15, 0.2) is 54.1 Å². The molecule has 0 unspecified atom stereocenters. The number of hydrogen-bond acceptors (Lipinski definition) is 3. The van der Waals surface area contributed by atoms with Gasteiger partial charge in [-0.2, -0.15) is 0 Å². The van der Waals surface area contributed by atoms with Crippen molar-refractivity contribution in [3.63, 3.8) is 0 Å². The molecule has 0 aliphatic heterocycles. The second-order valence-corrected chi connectivity index (χ2v) is 5.17. The highest BCUT2D eigenvalue weighted by Gasteiger charge is 2.08. The standard InChI is InChI=1S/C14H14N4S/c1-18-9-12(11-5-3-2-4-6-11)17-13(18)10-19-14-15-7-8-16-14/h2-9H,10H2,1H3,(H,15,16). The van der Waals surface area contributed by atoms with Crippen LogP contribution in [0.5, 0.6) is 0 Å². The van der Waals surface area contributed by atoms with Gasteiger partial charge in [0.1, 0.15) is 5.82 Å². The molecule has 0 aliphatic carbocycles. The Morgan fingerprint density at radius 1 is 1.26 bits per heavy atom. The monoisotopic (exact) mass is 270 g/mol. The topological polar surface area (TPSA) is 46.5 Å². The maximum Gasteiger partial charge on any atom is 0.165 e. The van der Waals surface area contributed by atoms with Gasteiger partial charge in [0.15, 0.2) is 5.16 Å². The number of nitrogens with zero attached hydrogens (tertiary/aromatic N) is 3. The molecule has 3 rings (SSSR count). The summed E-state index contributed by atoms with van der Waals surface area (Å²) < 4.78 is 2.07. The Morgan fingerprint density at radius 3 is 2.84 bits per heavy atom. The highest BCUT2D eigenvalue weighted by atomic mass is 32.2. The van der Waals surface area contributed by atoms with Crippen molar-refractivity contribution in [2.75, 3.05) is 0 Å². The number of thioether (sulfide) groups is 1. The van der Waals surface area contributed by atoms with Gasteiger partial charge in [-0.25, -0.2) is 9.97 Å². The van der Waals surface area contributed by atoms with Crippen LogP contribution in [-0.4, -0.2) is 19.5 Å². The van der Waals surface area contributed by atoms with Crippen molar-refractivity contribution < 1.29 is 0 Å². The number of aromatic nitrogens is 4. The first-order chi connectivity index (χ1) is 9.33. The molecule has 0 fully saturated rings. The molecule has 96 valence electrons. The average Bonchev–Trinajstić information content (AvgIpc) is 3.07. The van der Waals surface area contributed by atoms with Crippen LogP contribution in [0.2, 0.25) is 0 Å². The van der Waals surface area contributed by atoms with Gasteiger partial charge in [-0.15, -0.1) is 0 Å². The van der Waals surface area contributed by atoms with Crippen LogP contribution >= 0.6 is 11.8 Å². The SMILES string of the molecule is Cn1cc(-c2ccccc2)nc1CSc1ncc[nH]1. The van der Waals surface area contributed by atoms with E-state index >= 15 is 0 Å². The summed E-state index contributed by atoms with van der Waals surface area (Å²) in [5, 5.41) is 0.921. The van der Waals surface area contributed by atoms with Crippen LogP contribution in [0.4, 0.5) is 0 Å². The first-order valence-corrected chi connectivity index (χ1v) is 7.01. The molecule has 4 nitrogen and oxygen atoms in total. The molecule has 1 N–H and O–H groups in total. The lowest BCUT2D eigenvalue weighted by molar-refractivity contribution is 0.848. The molecule has 0 atom stereocenters. The van der Waals surface area contributed by atoms with Gasteiger partial charge >= 0.3 is 0 Å². The van der Waals surface area contributed by atoms with Crippen molar-refractivity contribution in [1.82, 2.24) is 19.5 Å². The van der Waals surface area contributed by atoms with Crippen molar-refractivity contribution >= 4 is 11.8 Å². The molecule has 1 aromatic carbocycles. The molecule has 0 saturated heterocycles. The maximum atomic E-state index is 4.68. The van der Waals surface area contributed by atoms with Crippen molar-refractivity contribution in [3.05, 3.63) is 54.7 Å². The summed E-state index contributed by atoms with van der Waals surface area (Å²) in [6.07, 6.45) is 5.65. The highest BCUT2D eigenvalue weighted by Crippen LogP contribution is 2.22. The zero-order chi connectivity index (χ0) is 13.1. The van der Waals surface area contributed by atoms with E-state index in [1.54, 1.807) is 18.0 Å². The minimum atomic E-state index is 0.802. The Hall–Kier alpha value is -2.01. The number of aryl methyl sites for hydroxylation is 1. The van der Waals surface area contributed by atoms with E-state index in [-0.39, 0.29) is 0 Å². The van der Waals surface area contributed by atoms with Gasteiger partial charge in [0.25, 0.3) is 0 Å². The predicted octanol–water partition coefficient (Wildman–Crippen LogP) is 3.10. The quantitative estimate of drug-likeness (QED) is 0.741. The Bertz CT molecular complexity index is 643. The Balaban J connectivity index is 1.78. The van der Waals surface area contributed by atoms with Crippen molar-refractivity contribution in [2.45, 2.75) is 10.9 Å². The third-order valence-corrected chi connectivity index (χ3v) is 3.75. The zero-order valence-corrected chi connectivity index (χ0v) is 11.4. The molecule has 0 amide bonds. The van der Waals surface area contributed by atoms with E-state index in [2.05, 4.69) is 37.8 Å². The lowest BCUT2D eigenvalue weighted by Crippen LogP contribution is -1.94. The number of H-pyrrole nitrogens is 1. The Labute approximate surface area is 115 Å². The van der Waals surface area contributed by atoms with Gasteiger partial charge in [0.05, 0.1) is 11.4 Å². The minimum absolute atomic E-state index is 0.802. The summed E-state index contributed by atoms with van der Waals surface area (Å²) in [6.45, 7) is 0. The molecule has 0 radical (unpaired) electrons. The summed E-state index contributed by atoms with van der Waals surface area (Å²) in [4.78, 5) is 12.0. The molecule has 0 aliphatic rings. The number of hydrogen-bond donors (Lipinski definition) is 1. The fourth-order valence-corrected chi connectivity index (χ4v) is 2.67. The Morgan fingerprint density at radius 2 is 2.11 bits per heavy atom. The van der Waals surface area contributed by atoms with Crippen LogP contribution in [-0.2, 0) is 12.8 Å². The third kappa shape index (κ3) is 2.71. The molecular formula is C14H14N4S. The van der Waals surface area contributed by atoms with Crippen LogP contribution < -0.4 is 0 Å². The summed E-state index contributed by atoms with van der Waals surface area (Å²) in [7, 11) is 2.03. The van der Waals surface area contributed by atoms with E-state index in [1.807, 2.05) is 31.4 Å². The maximum absolute atomic E-state index is 4.68. The normalized spacial score (nSPS) is 10.8. The van der Waals surface area contributed by atoms with Crippen molar-refractivity contribution in [3.8, 4) is 11.3 Å². The predicted molar refractivity (Wildman–Crippen MR) is 76.8 cm³/mol. The van der Waals surface area contributed by atoms with Crippen molar-refractivity contribution in [1.29, 1.82) is 0 Å². The number of imidazole rings is 2. The van der Waals surface area contributed by atoms with Crippen LogP contribution in [0, 0.1) is 0 Å². The molecule has 3 aromatic rings. The van der Waals surface area contributed by atoms with Gasteiger partial charge in [-0.1, -0.05) is 42.1 Å². The lowest BCUT2D eigenvalue weighted by atomic mass is 10.2. The molecule has 0 bridgehead atoms. The first-order valence-electron chi connectivity index (χ1n) is 6.03. The summed E-state index contributed by atoms with van der Waals surface area (Å²) >= 11 is 1.65. The van der Waals surface area contributed by atoms with Gasteiger partial charge < -0.3 is 9.55 Å². The molecule has 0 saturated carbocycles. The Kier molecular flexibility index (Phi) is 3.37. The van der Waals surface area contributed by atoms with Gasteiger partial charge in [0.2, 0.25) is 0 Å². The molecule has 0 spiro atoms. The average molecular weight is 270 g/mol. The smallest absolute Gasteiger partial charge is 0.165 e. The lowest BCUT2D eigenvalue weighted by Gasteiger charge is -1.98. The molecule has 2 heterocycles. The molecule has 5 heteroatoms. The number of benzene rings is 1. The first kappa shape index (κ1) is 12.0. The molecular weight excluding hydrogens is 256 g/mol. The number of aromatic amines is 1. The zero-order valence-electron chi connectivity index (χ0n) is 10.6. The fraction of sp³-hybridized carbons (Fsp3) is 0.143. The number of nitrogens with one attached hydrogen (secondary N) is 1. The summed E-state index contributed by atoms with van der Waals surface area (Å²) in [5.74, 6) is 1.84. The minimum Gasteiger partial charge on any atom is -0.340 e. The van der Waals surface area contributed by atoms with Crippen LogP contribution in [0.1, 0.15) is 5.82 Å². The second kappa shape index (κ2) is 5.32. The van der Waals surface area contributed by atoms with E-state index in [0.717, 1.165) is 28.0 Å². The van der Waals surface area contributed by atoms with E-state index in [9.17, 15) is 0 Å². The second-order valence-electron chi connectivity index (χ2n) is 4.20. The van der Waals surface area contributed by atoms with Gasteiger partial charge in [0, 0.05) is 31.2 Å². The van der Waals surface area contributed by atoms with Crippen LogP contribution in [0.3, 0.4) is 0 Å². The largest absolute Gasteiger partial charge is 0.340 e. The van der Waals surface area contributed by atoms with Gasteiger partial charge in [-0.05, 0) is 0 Å². The molecule has 19 heavy (non-hydrogen) atoms. The third-order valence-electron chi connectivity index (χ3n) is 2.85. The van der Waals surface area contributed by atoms with Gasteiger partial charge in [-0.3, -0.25) is 0 Å². The van der Waals surface area contributed by atoms with Crippen molar-refractivity contribution in [2.24, 2.45) is 7.05 Å². The summed E-state index contributed by atoms with van der Waals surface area (Å²) in [5.41, 5.74) is 2.16. The van der Waals surface area contributed by atoms with Crippen LogP contribution in [0.25, 0.3) is 11.3 Å². The van der Waals surface area contributed by atoms with E-state index in [1.165, 1.54) is 0 Å². The fourth-order valence-electron chi connectivity index (χ4n) is 1.85. The molecule has 2 aromatic heterocycles. The number of rotatable bonds is 4. The van der Waals surface area contributed by atoms with E-state index in [0.29, 0.717) is 0 Å². The van der Waals surface area contributed by atoms with E-state index < -0.39 is 0 Å². The van der Waals surface area contributed by atoms with E-state index in [4.69, 9.17) is 0 Å².